The van der Waals surface area contributed by atoms with E-state index in [2.05, 4.69) is 10.3 Å². The fraction of sp³-hybridized carbons (Fsp3) is 0.100. The van der Waals surface area contributed by atoms with Gasteiger partial charge in [0.05, 0.1) is 17.0 Å². The number of nitrogens with zero attached hydrogens (tertiary/aromatic N) is 2. The average Bonchev–Trinajstić information content (AvgIpc) is 2.83. The standard InChI is InChI=1S/C10H7F2N3O2S/c11-7-1-2-8(15(16)17)10(9(7)12)14-4-6-3-13-5-18-6/h1-3,5,14H,4H2. The number of thiazole rings is 1. The number of rotatable bonds is 4. The molecule has 94 valence electrons. The fourth-order valence-corrected chi connectivity index (χ4v) is 1.90. The van der Waals surface area contributed by atoms with Crippen LogP contribution in [0.25, 0.3) is 0 Å². The number of halogens is 2. The van der Waals surface area contributed by atoms with Crippen molar-refractivity contribution < 1.29 is 13.7 Å². The molecule has 0 aliphatic rings. The van der Waals surface area contributed by atoms with Crippen molar-refractivity contribution in [1.82, 2.24) is 4.98 Å². The monoisotopic (exact) mass is 271 g/mol. The molecule has 2 aromatic rings. The molecule has 0 aliphatic heterocycles. The summed E-state index contributed by atoms with van der Waals surface area (Å²) in [5.74, 6) is -2.39. The van der Waals surface area contributed by atoms with Crippen LogP contribution < -0.4 is 5.32 Å². The zero-order chi connectivity index (χ0) is 13.1. The number of anilines is 1. The molecule has 0 amide bonds. The van der Waals surface area contributed by atoms with E-state index in [0.717, 1.165) is 17.0 Å². The summed E-state index contributed by atoms with van der Waals surface area (Å²) in [5, 5.41) is 13.2. The van der Waals surface area contributed by atoms with E-state index < -0.39 is 27.9 Å². The average molecular weight is 271 g/mol. The Kier molecular flexibility index (Phi) is 3.47. The number of hydrogen-bond acceptors (Lipinski definition) is 5. The maximum atomic E-state index is 13.5. The van der Waals surface area contributed by atoms with E-state index in [9.17, 15) is 18.9 Å². The second kappa shape index (κ2) is 5.05. The predicted molar refractivity (Wildman–Crippen MR) is 62.5 cm³/mol. The highest BCUT2D eigenvalue weighted by Gasteiger charge is 2.21. The molecule has 0 atom stereocenters. The maximum absolute atomic E-state index is 13.5. The summed E-state index contributed by atoms with van der Waals surface area (Å²) in [5.41, 5.74) is 0.625. The molecule has 8 heteroatoms. The quantitative estimate of drug-likeness (QED) is 0.685. The van der Waals surface area contributed by atoms with Crippen molar-refractivity contribution in [2.24, 2.45) is 0 Å². The molecule has 0 spiro atoms. The normalized spacial score (nSPS) is 10.3. The highest BCUT2D eigenvalue weighted by atomic mass is 32.1. The summed E-state index contributed by atoms with van der Waals surface area (Å²) in [7, 11) is 0. The van der Waals surface area contributed by atoms with Crippen LogP contribution in [0.2, 0.25) is 0 Å². The molecule has 18 heavy (non-hydrogen) atoms. The summed E-state index contributed by atoms with van der Waals surface area (Å²) in [4.78, 5) is 14.5. The van der Waals surface area contributed by atoms with Crippen molar-refractivity contribution in [1.29, 1.82) is 0 Å². The highest BCUT2D eigenvalue weighted by Crippen LogP contribution is 2.29. The number of aromatic nitrogens is 1. The van der Waals surface area contributed by atoms with Crippen LogP contribution in [0.15, 0.2) is 23.8 Å². The Bertz CT molecular complexity index is 575. The highest BCUT2D eigenvalue weighted by molar-refractivity contribution is 7.09. The number of nitro groups is 1. The van der Waals surface area contributed by atoms with E-state index in [4.69, 9.17) is 0 Å². The molecule has 5 nitrogen and oxygen atoms in total. The van der Waals surface area contributed by atoms with Crippen molar-refractivity contribution in [2.45, 2.75) is 6.54 Å². The molecular formula is C10H7F2N3O2S. The van der Waals surface area contributed by atoms with E-state index in [1.54, 1.807) is 11.7 Å². The van der Waals surface area contributed by atoms with E-state index in [-0.39, 0.29) is 6.54 Å². The predicted octanol–water partition coefficient (Wildman–Crippen LogP) is 2.94. The Balaban J connectivity index is 2.30. The molecule has 0 saturated heterocycles. The lowest BCUT2D eigenvalue weighted by Crippen LogP contribution is -2.05. The van der Waals surface area contributed by atoms with Crippen molar-refractivity contribution in [3.8, 4) is 0 Å². The number of hydrogen-bond donors (Lipinski definition) is 1. The summed E-state index contributed by atoms with van der Waals surface area (Å²) in [6.45, 7) is 0.145. The van der Waals surface area contributed by atoms with Gasteiger partial charge in [0.1, 0.15) is 0 Å². The van der Waals surface area contributed by atoms with E-state index in [0.29, 0.717) is 0 Å². The molecule has 0 saturated carbocycles. The van der Waals surface area contributed by atoms with Crippen LogP contribution in [0.1, 0.15) is 4.88 Å². The molecule has 1 N–H and O–H groups in total. The minimum Gasteiger partial charge on any atom is -0.372 e. The van der Waals surface area contributed by atoms with Gasteiger partial charge in [-0.05, 0) is 6.07 Å². The molecule has 1 aromatic heterocycles. The molecule has 1 heterocycles. The molecule has 0 bridgehead atoms. The van der Waals surface area contributed by atoms with Gasteiger partial charge in [-0.2, -0.15) is 0 Å². The Morgan fingerprint density at radius 1 is 1.44 bits per heavy atom. The zero-order valence-electron chi connectivity index (χ0n) is 8.89. The first-order valence-electron chi connectivity index (χ1n) is 4.83. The van der Waals surface area contributed by atoms with Crippen LogP contribution in [0, 0.1) is 21.7 Å². The first-order valence-corrected chi connectivity index (χ1v) is 5.71. The second-order valence-corrected chi connectivity index (χ2v) is 4.30. The van der Waals surface area contributed by atoms with Crippen LogP contribution in [0.5, 0.6) is 0 Å². The third kappa shape index (κ3) is 2.43. The van der Waals surface area contributed by atoms with Crippen molar-refractivity contribution in [3.63, 3.8) is 0 Å². The van der Waals surface area contributed by atoms with Gasteiger partial charge in [0.15, 0.2) is 17.3 Å². The molecule has 0 unspecified atom stereocenters. The topological polar surface area (TPSA) is 68.1 Å². The Labute approximate surface area is 104 Å². The van der Waals surface area contributed by atoms with Gasteiger partial charge in [-0.25, -0.2) is 8.78 Å². The molecule has 0 radical (unpaired) electrons. The van der Waals surface area contributed by atoms with Crippen LogP contribution in [-0.2, 0) is 6.54 Å². The van der Waals surface area contributed by atoms with Crippen LogP contribution in [0.3, 0.4) is 0 Å². The van der Waals surface area contributed by atoms with Gasteiger partial charge in [0, 0.05) is 17.1 Å². The molecule has 2 rings (SSSR count). The SMILES string of the molecule is O=[N+]([O-])c1ccc(F)c(F)c1NCc1cncs1. The molecule has 1 aromatic carbocycles. The molecule has 0 aliphatic carbocycles. The van der Waals surface area contributed by atoms with Gasteiger partial charge < -0.3 is 5.32 Å². The fourth-order valence-electron chi connectivity index (χ4n) is 1.37. The number of benzene rings is 1. The maximum Gasteiger partial charge on any atom is 0.295 e. The third-order valence-electron chi connectivity index (χ3n) is 2.19. The Morgan fingerprint density at radius 3 is 2.83 bits per heavy atom. The van der Waals surface area contributed by atoms with Crippen molar-refractivity contribution in [3.05, 3.63) is 50.5 Å². The molecular weight excluding hydrogens is 264 g/mol. The Morgan fingerprint density at radius 2 is 2.22 bits per heavy atom. The number of nitrogens with one attached hydrogen (secondary N) is 1. The van der Waals surface area contributed by atoms with Crippen LogP contribution in [-0.4, -0.2) is 9.91 Å². The lowest BCUT2D eigenvalue weighted by Gasteiger charge is -2.07. The Hall–Kier alpha value is -2.09. The van der Waals surface area contributed by atoms with Crippen molar-refractivity contribution >= 4 is 22.7 Å². The number of nitro benzene ring substituents is 1. The van der Waals surface area contributed by atoms with Gasteiger partial charge in [-0.15, -0.1) is 11.3 Å². The first kappa shape index (κ1) is 12.4. The van der Waals surface area contributed by atoms with E-state index >= 15 is 0 Å². The summed E-state index contributed by atoms with van der Waals surface area (Å²) in [6, 6.07) is 1.65. The lowest BCUT2D eigenvalue weighted by molar-refractivity contribution is -0.384. The second-order valence-electron chi connectivity index (χ2n) is 3.33. The van der Waals surface area contributed by atoms with E-state index in [1.807, 2.05) is 0 Å². The zero-order valence-corrected chi connectivity index (χ0v) is 9.71. The summed E-state index contributed by atoms with van der Waals surface area (Å²) >= 11 is 1.31. The van der Waals surface area contributed by atoms with Crippen molar-refractivity contribution in [2.75, 3.05) is 5.32 Å². The lowest BCUT2D eigenvalue weighted by atomic mass is 10.2. The summed E-state index contributed by atoms with van der Waals surface area (Å²) < 4.78 is 26.5. The summed E-state index contributed by atoms with van der Waals surface area (Å²) in [6.07, 6.45) is 1.54. The van der Waals surface area contributed by atoms with Gasteiger partial charge in [-0.3, -0.25) is 15.1 Å². The largest absolute Gasteiger partial charge is 0.372 e. The smallest absolute Gasteiger partial charge is 0.295 e. The minimum atomic E-state index is -1.26. The van der Waals surface area contributed by atoms with E-state index in [1.165, 1.54) is 11.3 Å². The van der Waals surface area contributed by atoms with Gasteiger partial charge in [-0.1, -0.05) is 0 Å². The molecule has 0 fully saturated rings. The van der Waals surface area contributed by atoms with Gasteiger partial charge in [0.25, 0.3) is 5.69 Å². The minimum absolute atomic E-state index is 0.145. The third-order valence-corrected chi connectivity index (χ3v) is 2.97. The van der Waals surface area contributed by atoms with Gasteiger partial charge in [0.2, 0.25) is 0 Å². The van der Waals surface area contributed by atoms with Crippen LogP contribution >= 0.6 is 11.3 Å². The first-order chi connectivity index (χ1) is 8.59. The van der Waals surface area contributed by atoms with Crippen LogP contribution in [0.4, 0.5) is 20.2 Å². The van der Waals surface area contributed by atoms with Gasteiger partial charge >= 0.3 is 0 Å².